The Morgan fingerprint density at radius 2 is 1.86 bits per heavy atom. The van der Waals surface area contributed by atoms with E-state index < -0.39 is 0 Å². The maximum absolute atomic E-state index is 3.36. The molecule has 0 aromatic rings. The van der Waals surface area contributed by atoms with E-state index in [1.807, 2.05) is 0 Å². The molecule has 0 bridgehead atoms. The molecule has 0 spiro atoms. The zero-order chi connectivity index (χ0) is 9.97. The number of thioether (sulfide) groups is 1. The van der Waals surface area contributed by atoms with Crippen LogP contribution in [0, 0.1) is 0 Å². The van der Waals surface area contributed by atoms with E-state index in [1.54, 1.807) is 0 Å². The maximum Gasteiger partial charge on any atom is 0.0345 e. The van der Waals surface area contributed by atoms with Crippen LogP contribution in [0.1, 0.15) is 26.7 Å². The Bertz CT molecular complexity index is 172. The number of nitrogens with zero attached hydrogens (tertiary/aromatic N) is 1. The second-order valence-corrected chi connectivity index (χ2v) is 6.61. The summed E-state index contributed by atoms with van der Waals surface area (Å²) in [5, 5.41) is 5.09. The molecule has 2 heterocycles. The summed E-state index contributed by atoms with van der Waals surface area (Å²) in [5.41, 5.74) is 0. The van der Waals surface area contributed by atoms with Gasteiger partial charge in [-0.2, -0.15) is 11.8 Å². The van der Waals surface area contributed by atoms with Crippen LogP contribution < -0.4 is 5.32 Å². The van der Waals surface area contributed by atoms with Gasteiger partial charge < -0.3 is 5.32 Å². The lowest BCUT2D eigenvalue weighted by molar-refractivity contribution is 0.123. The number of likely N-dealkylation sites (tertiary alicyclic amines) is 1. The normalized spacial score (nSPS) is 26.8. The Kier molecular flexibility index (Phi) is 3.74. The quantitative estimate of drug-likeness (QED) is 0.767. The molecule has 0 unspecified atom stereocenters. The van der Waals surface area contributed by atoms with Crippen molar-refractivity contribution in [3.63, 3.8) is 0 Å². The third kappa shape index (κ3) is 2.65. The average molecular weight is 214 g/mol. The lowest BCUT2D eigenvalue weighted by Gasteiger charge is -2.42. The van der Waals surface area contributed by atoms with E-state index >= 15 is 0 Å². The predicted molar refractivity (Wildman–Crippen MR) is 64.0 cm³/mol. The van der Waals surface area contributed by atoms with E-state index in [2.05, 4.69) is 35.8 Å². The van der Waals surface area contributed by atoms with Gasteiger partial charge in [0.15, 0.2) is 0 Å². The van der Waals surface area contributed by atoms with E-state index in [0.29, 0.717) is 0 Å². The minimum Gasteiger partial charge on any atom is -0.314 e. The molecule has 0 aromatic heterocycles. The molecule has 3 heteroatoms. The average Bonchev–Trinajstić information content (AvgIpc) is 2.04. The Hall–Kier alpha value is 0.270. The van der Waals surface area contributed by atoms with Gasteiger partial charge in [-0.1, -0.05) is 13.8 Å². The highest BCUT2D eigenvalue weighted by atomic mass is 32.2. The van der Waals surface area contributed by atoms with Crippen LogP contribution in [0.25, 0.3) is 0 Å². The molecule has 2 saturated heterocycles. The van der Waals surface area contributed by atoms with Crippen molar-refractivity contribution in [2.45, 2.75) is 43.2 Å². The molecular formula is C11H22N2S. The molecule has 14 heavy (non-hydrogen) atoms. The Morgan fingerprint density at radius 3 is 2.29 bits per heavy atom. The van der Waals surface area contributed by atoms with Crippen molar-refractivity contribution in [1.29, 1.82) is 0 Å². The summed E-state index contributed by atoms with van der Waals surface area (Å²) in [5.74, 6) is 0. The molecule has 0 aromatic carbocycles. The molecule has 1 N–H and O–H groups in total. The van der Waals surface area contributed by atoms with Crippen LogP contribution in [-0.4, -0.2) is 47.6 Å². The monoisotopic (exact) mass is 214 g/mol. The minimum absolute atomic E-state index is 0.803. The molecule has 2 rings (SSSR count). The summed E-state index contributed by atoms with van der Waals surface area (Å²) < 4.78 is 0. The highest BCUT2D eigenvalue weighted by Crippen LogP contribution is 2.27. The van der Waals surface area contributed by atoms with Gasteiger partial charge in [-0.05, 0) is 31.2 Å². The lowest BCUT2D eigenvalue weighted by Crippen LogP contribution is -2.58. The third-order valence-corrected chi connectivity index (χ3v) is 4.62. The van der Waals surface area contributed by atoms with Crippen molar-refractivity contribution in [1.82, 2.24) is 10.2 Å². The van der Waals surface area contributed by atoms with Gasteiger partial charge in [-0.15, -0.1) is 0 Å². The number of hydrogen-bond donors (Lipinski definition) is 1. The lowest BCUT2D eigenvalue weighted by atomic mass is 10.0. The molecule has 82 valence electrons. The molecule has 2 aliphatic heterocycles. The van der Waals surface area contributed by atoms with Crippen molar-refractivity contribution in [2.75, 3.05) is 26.2 Å². The van der Waals surface area contributed by atoms with Gasteiger partial charge >= 0.3 is 0 Å². The molecule has 2 nitrogen and oxygen atoms in total. The fraction of sp³-hybridized carbons (Fsp3) is 1.00. The van der Waals surface area contributed by atoms with Gasteiger partial charge in [0.05, 0.1) is 0 Å². The van der Waals surface area contributed by atoms with E-state index in [1.165, 1.54) is 39.0 Å². The van der Waals surface area contributed by atoms with Crippen LogP contribution >= 0.6 is 11.8 Å². The van der Waals surface area contributed by atoms with Gasteiger partial charge in [0.2, 0.25) is 0 Å². The maximum atomic E-state index is 3.36. The van der Waals surface area contributed by atoms with E-state index in [-0.39, 0.29) is 0 Å². The van der Waals surface area contributed by atoms with Crippen LogP contribution in [0.4, 0.5) is 0 Å². The fourth-order valence-electron chi connectivity index (χ4n) is 2.29. The largest absolute Gasteiger partial charge is 0.314 e. The van der Waals surface area contributed by atoms with Crippen LogP contribution in [0.2, 0.25) is 0 Å². The van der Waals surface area contributed by atoms with Crippen molar-refractivity contribution in [2.24, 2.45) is 0 Å². The van der Waals surface area contributed by atoms with Crippen LogP contribution in [0.3, 0.4) is 0 Å². The smallest absolute Gasteiger partial charge is 0.0345 e. The van der Waals surface area contributed by atoms with Crippen LogP contribution in [0.5, 0.6) is 0 Å². The van der Waals surface area contributed by atoms with Gasteiger partial charge in [0, 0.05) is 24.4 Å². The van der Waals surface area contributed by atoms with Crippen molar-refractivity contribution >= 4 is 11.8 Å². The first-order valence-corrected chi connectivity index (χ1v) is 6.80. The summed E-state index contributed by atoms with van der Waals surface area (Å²) in [4.78, 5) is 2.67. The molecule has 2 fully saturated rings. The Balaban J connectivity index is 1.69. The van der Waals surface area contributed by atoms with Crippen LogP contribution in [-0.2, 0) is 0 Å². The highest BCUT2D eigenvalue weighted by molar-refractivity contribution is 8.00. The second-order valence-electron chi connectivity index (χ2n) is 4.73. The number of nitrogens with one attached hydrogen (secondary N) is 1. The summed E-state index contributed by atoms with van der Waals surface area (Å²) in [6, 6.07) is 0.861. The first-order valence-electron chi connectivity index (χ1n) is 5.86. The molecule has 0 aliphatic carbocycles. The Morgan fingerprint density at radius 1 is 1.21 bits per heavy atom. The summed E-state index contributed by atoms with van der Waals surface area (Å²) in [6.45, 7) is 9.73. The molecule has 0 amide bonds. The van der Waals surface area contributed by atoms with Gasteiger partial charge in [0.1, 0.15) is 0 Å². The second kappa shape index (κ2) is 4.86. The first-order chi connectivity index (χ1) is 6.75. The Labute approximate surface area is 91.8 Å². The van der Waals surface area contributed by atoms with E-state index in [0.717, 1.165) is 16.5 Å². The molecule has 0 saturated carbocycles. The van der Waals surface area contributed by atoms with Gasteiger partial charge in [-0.3, -0.25) is 4.90 Å². The molecular weight excluding hydrogens is 192 g/mol. The molecule has 0 atom stereocenters. The standard InChI is InChI=1S/C11H22N2S/c1-9(2)14-11-3-5-13(6-4-11)10-7-12-8-10/h9-12H,3-8H2,1-2H3. The SMILES string of the molecule is CC(C)SC1CCN(C2CNC2)CC1. The fourth-order valence-corrected chi connectivity index (χ4v) is 3.55. The van der Waals surface area contributed by atoms with Crippen molar-refractivity contribution in [3.05, 3.63) is 0 Å². The van der Waals surface area contributed by atoms with Crippen molar-refractivity contribution < 1.29 is 0 Å². The molecule has 0 radical (unpaired) electrons. The summed E-state index contributed by atoms with van der Waals surface area (Å²) in [7, 11) is 0. The topological polar surface area (TPSA) is 15.3 Å². The number of hydrogen-bond acceptors (Lipinski definition) is 3. The number of piperidine rings is 1. The highest BCUT2D eigenvalue weighted by Gasteiger charge is 2.28. The predicted octanol–water partition coefficient (Wildman–Crippen LogP) is 1.56. The van der Waals surface area contributed by atoms with Gasteiger partial charge in [-0.25, -0.2) is 0 Å². The minimum atomic E-state index is 0.803. The van der Waals surface area contributed by atoms with Gasteiger partial charge in [0.25, 0.3) is 0 Å². The summed E-state index contributed by atoms with van der Waals surface area (Å²) >= 11 is 2.17. The van der Waals surface area contributed by atoms with Crippen LogP contribution in [0.15, 0.2) is 0 Å². The number of rotatable bonds is 3. The molecule has 2 aliphatic rings. The van der Waals surface area contributed by atoms with E-state index in [4.69, 9.17) is 0 Å². The van der Waals surface area contributed by atoms with Crippen molar-refractivity contribution in [3.8, 4) is 0 Å². The zero-order valence-electron chi connectivity index (χ0n) is 9.33. The third-order valence-electron chi connectivity index (χ3n) is 3.22. The van der Waals surface area contributed by atoms with E-state index in [9.17, 15) is 0 Å². The first kappa shape index (κ1) is 10.8. The summed E-state index contributed by atoms with van der Waals surface area (Å²) in [6.07, 6.45) is 2.80. The zero-order valence-corrected chi connectivity index (χ0v) is 10.1.